The maximum Gasteiger partial charge on any atom is 0.269 e. The van der Waals surface area contributed by atoms with E-state index in [2.05, 4.69) is 27.1 Å². The molecule has 0 fully saturated rings. The van der Waals surface area contributed by atoms with Gasteiger partial charge in [0, 0.05) is 32.3 Å². The minimum Gasteiger partial charge on any atom is -0.352 e. The summed E-state index contributed by atoms with van der Waals surface area (Å²) in [5.41, 5.74) is 2.26. The van der Waals surface area contributed by atoms with Crippen molar-refractivity contribution in [1.29, 1.82) is 0 Å². The first-order valence-corrected chi connectivity index (χ1v) is 7.32. The summed E-state index contributed by atoms with van der Waals surface area (Å²) in [5.74, 6) is 0.694. The van der Waals surface area contributed by atoms with Gasteiger partial charge in [0.05, 0.1) is 4.92 Å². The van der Waals surface area contributed by atoms with Crippen molar-refractivity contribution < 1.29 is 4.92 Å². The zero-order chi connectivity index (χ0) is 15.1. The Balaban J connectivity index is 1.83. The van der Waals surface area contributed by atoms with Crippen LogP contribution in [0.3, 0.4) is 0 Å². The number of nitro benzene ring substituents is 1. The minimum absolute atomic E-state index is 0.0960. The van der Waals surface area contributed by atoms with Crippen molar-refractivity contribution in [2.75, 3.05) is 7.05 Å². The van der Waals surface area contributed by atoms with Crippen molar-refractivity contribution in [1.82, 2.24) is 10.6 Å². The van der Waals surface area contributed by atoms with E-state index in [1.165, 1.54) is 17.7 Å². The second-order valence-corrected chi connectivity index (χ2v) is 5.11. The molecule has 0 saturated heterocycles. The molecular weight excluding hydrogens is 288 g/mol. The smallest absolute Gasteiger partial charge is 0.269 e. The SMILES string of the molecule is CN=C(NCc1ccc([N+](=O)[O-])cc1)NCc1ccsc1. The average Bonchev–Trinajstić information content (AvgIpc) is 3.01. The Kier molecular flexibility index (Phi) is 5.28. The highest BCUT2D eigenvalue weighted by Crippen LogP contribution is 2.11. The number of benzene rings is 1. The zero-order valence-corrected chi connectivity index (χ0v) is 12.4. The Morgan fingerprint density at radius 1 is 1.19 bits per heavy atom. The van der Waals surface area contributed by atoms with Gasteiger partial charge in [0.1, 0.15) is 0 Å². The van der Waals surface area contributed by atoms with E-state index >= 15 is 0 Å². The van der Waals surface area contributed by atoms with Crippen molar-refractivity contribution in [3.05, 3.63) is 62.3 Å². The molecule has 0 aliphatic heterocycles. The van der Waals surface area contributed by atoms with E-state index in [0.717, 1.165) is 5.56 Å². The lowest BCUT2D eigenvalue weighted by Crippen LogP contribution is -2.36. The summed E-state index contributed by atoms with van der Waals surface area (Å²) in [6.45, 7) is 1.27. The van der Waals surface area contributed by atoms with Crippen LogP contribution in [0.15, 0.2) is 46.1 Å². The fraction of sp³-hybridized carbons (Fsp3) is 0.214. The van der Waals surface area contributed by atoms with E-state index in [9.17, 15) is 10.1 Å². The zero-order valence-electron chi connectivity index (χ0n) is 11.6. The summed E-state index contributed by atoms with van der Waals surface area (Å²) < 4.78 is 0. The number of hydrogen-bond donors (Lipinski definition) is 2. The van der Waals surface area contributed by atoms with Gasteiger partial charge in [-0.25, -0.2) is 0 Å². The molecule has 0 unspecified atom stereocenters. The highest BCUT2D eigenvalue weighted by atomic mass is 32.1. The number of thiophene rings is 1. The summed E-state index contributed by atoms with van der Waals surface area (Å²) in [6.07, 6.45) is 0. The molecule has 0 amide bonds. The molecule has 0 atom stereocenters. The summed E-state index contributed by atoms with van der Waals surface area (Å²) in [5, 5.41) is 21.1. The molecule has 2 rings (SSSR count). The molecule has 0 bridgehead atoms. The van der Waals surface area contributed by atoms with Crippen LogP contribution in [-0.4, -0.2) is 17.9 Å². The molecule has 1 aromatic carbocycles. The Morgan fingerprint density at radius 3 is 2.38 bits per heavy atom. The van der Waals surface area contributed by atoms with Gasteiger partial charge in [-0.1, -0.05) is 12.1 Å². The maximum atomic E-state index is 10.6. The molecule has 1 aromatic heterocycles. The quantitative estimate of drug-likeness (QED) is 0.385. The van der Waals surface area contributed by atoms with Crippen molar-refractivity contribution in [3.8, 4) is 0 Å². The van der Waals surface area contributed by atoms with Gasteiger partial charge < -0.3 is 10.6 Å². The first-order valence-electron chi connectivity index (χ1n) is 6.38. The number of nitrogens with one attached hydrogen (secondary N) is 2. The molecule has 2 N–H and O–H groups in total. The van der Waals surface area contributed by atoms with Gasteiger partial charge in [-0.3, -0.25) is 15.1 Å². The van der Waals surface area contributed by atoms with E-state index in [4.69, 9.17) is 0 Å². The van der Waals surface area contributed by atoms with Crippen LogP contribution in [0.1, 0.15) is 11.1 Å². The van der Waals surface area contributed by atoms with Crippen LogP contribution in [0, 0.1) is 10.1 Å². The fourth-order valence-electron chi connectivity index (χ4n) is 1.72. The molecule has 0 aliphatic rings. The molecule has 110 valence electrons. The van der Waals surface area contributed by atoms with E-state index < -0.39 is 4.92 Å². The van der Waals surface area contributed by atoms with Crippen LogP contribution >= 0.6 is 11.3 Å². The number of hydrogen-bond acceptors (Lipinski definition) is 4. The second kappa shape index (κ2) is 7.39. The summed E-state index contributed by atoms with van der Waals surface area (Å²) >= 11 is 1.66. The van der Waals surface area contributed by atoms with Gasteiger partial charge in [-0.15, -0.1) is 0 Å². The van der Waals surface area contributed by atoms with Gasteiger partial charge >= 0.3 is 0 Å². The predicted octanol–water partition coefficient (Wildman–Crippen LogP) is 2.52. The number of nitrogens with zero attached hydrogens (tertiary/aromatic N) is 2. The molecule has 0 saturated carbocycles. The molecule has 0 radical (unpaired) electrons. The molecule has 0 spiro atoms. The normalized spacial score (nSPS) is 11.2. The third kappa shape index (κ3) is 4.57. The Labute approximate surface area is 126 Å². The van der Waals surface area contributed by atoms with Crippen molar-refractivity contribution in [3.63, 3.8) is 0 Å². The van der Waals surface area contributed by atoms with Crippen LogP contribution in [0.5, 0.6) is 0 Å². The van der Waals surface area contributed by atoms with E-state index in [0.29, 0.717) is 19.0 Å². The van der Waals surface area contributed by atoms with Gasteiger partial charge in [0.2, 0.25) is 0 Å². The first-order chi connectivity index (χ1) is 10.2. The van der Waals surface area contributed by atoms with Crippen LogP contribution in [0.25, 0.3) is 0 Å². The fourth-order valence-corrected chi connectivity index (χ4v) is 2.39. The lowest BCUT2D eigenvalue weighted by Gasteiger charge is -2.11. The van der Waals surface area contributed by atoms with Gasteiger partial charge in [0.25, 0.3) is 5.69 Å². The molecule has 1 heterocycles. The highest BCUT2D eigenvalue weighted by molar-refractivity contribution is 7.07. The number of non-ortho nitro benzene ring substituents is 1. The van der Waals surface area contributed by atoms with Gasteiger partial charge in [-0.2, -0.15) is 11.3 Å². The summed E-state index contributed by atoms with van der Waals surface area (Å²) in [7, 11) is 1.71. The first kappa shape index (κ1) is 15.0. The Morgan fingerprint density at radius 2 is 1.86 bits per heavy atom. The molecule has 6 nitrogen and oxygen atoms in total. The standard InChI is InChI=1S/C14H16N4O2S/c1-15-14(17-9-12-6-7-21-10-12)16-8-11-2-4-13(5-3-11)18(19)20/h2-7,10H,8-9H2,1H3,(H2,15,16,17). The predicted molar refractivity (Wildman–Crippen MR) is 84.5 cm³/mol. The average molecular weight is 304 g/mol. The van der Waals surface area contributed by atoms with Gasteiger partial charge in [-0.05, 0) is 28.0 Å². The molecular formula is C14H16N4O2S. The van der Waals surface area contributed by atoms with E-state index in [1.807, 2.05) is 5.38 Å². The van der Waals surface area contributed by atoms with Crippen LogP contribution < -0.4 is 10.6 Å². The molecule has 0 aliphatic carbocycles. The maximum absolute atomic E-state index is 10.6. The minimum atomic E-state index is -0.404. The lowest BCUT2D eigenvalue weighted by molar-refractivity contribution is -0.384. The van der Waals surface area contributed by atoms with E-state index in [-0.39, 0.29) is 5.69 Å². The van der Waals surface area contributed by atoms with Crippen LogP contribution in [-0.2, 0) is 13.1 Å². The number of nitro groups is 1. The van der Waals surface area contributed by atoms with Gasteiger partial charge in [0.15, 0.2) is 5.96 Å². The Hall–Kier alpha value is -2.41. The largest absolute Gasteiger partial charge is 0.352 e. The van der Waals surface area contributed by atoms with Crippen LogP contribution in [0.4, 0.5) is 5.69 Å². The Bertz CT molecular complexity index is 608. The molecule has 7 heteroatoms. The van der Waals surface area contributed by atoms with Crippen LogP contribution in [0.2, 0.25) is 0 Å². The lowest BCUT2D eigenvalue weighted by atomic mass is 10.2. The van der Waals surface area contributed by atoms with Crippen molar-refractivity contribution in [2.45, 2.75) is 13.1 Å². The number of rotatable bonds is 5. The third-order valence-corrected chi connectivity index (χ3v) is 3.60. The summed E-state index contributed by atoms with van der Waals surface area (Å²) in [4.78, 5) is 14.3. The molecule has 21 heavy (non-hydrogen) atoms. The van der Waals surface area contributed by atoms with Crippen molar-refractivity contribution in [2.24, 2.45) is 4.99 Å². The second-order valence-electron chi connectivity index (χ2n) is 4.33. The topological polar surface area (TPSA) is 79.6 Å². The monoisotopic (exact) mass is 304 g/mol. The summed E-state index contributed by atoms with van der Waals surface area (Å²) in [6, 6.07) is 8.52. The highest BCUT2D eigenvalue weighted by Gasteiger charge is 2.04. The molecule has 2 aromatic rings. The van der Waals surface area contributed by atoms with E-state index in [1.54, 1.807) is 30.5 Å². The van der Waals surface area contributed by atoms with Crippen molar-refractivity contribution >= 4 is 23.0 Å². The number of guanidine groups is 1. The number of aliphatic imine (C=N–C) groups is 1. The third-order valence-electron chi connectivity index (χ3n) is 2.87.